The standard InChI is InChI=1S/C14H18FN/c1-8(2)11-6-13(15)12(7-16)10(5)14(11)9(3)4/h6,8-9H,1-5H3. The van der Waals surface area contributed by atoms with Gasteiger partial charge in [0.2, 0.25) is 0 Å². The molecule has 0 atom stereocenters. The third-order valence-electron chi connectivity index (χ3n) is 2.92. The minimum absolute atomic E-state index is 0.188. The first-order valence-corrected chi connectivity index (χ1v) is 5.63. The Bertz CT molecular complexity index is 439. The summed E-state index contributed by atoms with van der Waals surface area (Å²) in [6.45, 7) is 10.1. The van der Waals surface area contributed by atoms with Gasteiger partial charge in [-0.2, -0.15) is 5.26 Å². The van der Waals surface area contributed by atoms with Gasteiger partial charge in [0.1, 0.15) is 11.9 Å². The topological polar surface area (TPSA) is 23.8 Å². The summed E-state index contributed by atoms with van der Waals surface area (Å²) in [6, 6.07) is 3.47. The van der Waals surface area contributed by atoms with Crippen molar-refractivity contribution < 1.29 is 4.39 Å². The second-order valence-corrected chi connectivity index (χ2v) is 4.78. The molecule has 1 aromatic rings. The predicted molar refractivity (Wildman–Crippen MR) is 64.0 cm³/mol. The molecule has 0 amide bonds. The fourth-order valence-corrected chi connectivity index (χ4v) is 2.20. The van der Waals surface area contributed by atoms with Crippen LogP contribution < -0.4 is 0 Å². The Hall–Kier alpha value is -1.36. The minimum atomic E-state index is -0.395. The Balaban J connectivity index is 3.61. The zero-order chi connectivity index (χ0) is 12.5. The van der Waals surface area contributed by atoms with Gasteiger partial charge >= 0.3 is 0 Å². The maximum absolute atomic E-state index is 13.7. The van der Waals surface area contributed by atoms with Crippen LogP contribution in [-0.4, -0.2) is 0 Å². The second-order valence-electron chi connectivity index (χ2n) is 4.78. The Morgan fingerprint density at radius 2 is 1.75 bits per heavy atom. The molecule has 0 N–H and O–H groups in total. The number of nitrogens with zero attached hydrogens (tertiary/aromatic N) is 1. The van der Waals surface area contributed by atoms with Gasteiger partial charge in [0, 0.05) is 0 Å². The summed E-state index contributed by atoms with van der Waals surface area (Å²) >= 11 is 0. The van der Waals surface area contributed by atoms with Crippen LogP contribution in [-0.2, 0) is 0 Å². The smallest absolute Gasteiger partial charge is 0.141 e. The lowest BCUT2D eigenvalue weighted by Crippen LogP contribution is -2.05. The number of benzene rings is 1. The molecule has 1 rings (SSSR count). The molecule has 86 valence electrons. The lowest BCUT2D eigenvalue weighted by atomic mass is 9.85. The van der Waals surface area contributed by atoms with Crippen molar-refractivity contribution in [2.45, 2.75) is 46.5 Å². The maximum Gasteiger partial charge on any atom is 0.141 e. The van der Waals surface area contributed by atoms with Crippen molar-refractivity contribution in [1.29, 1.82) is 5.26 Å². The van der Waals surface area contributed by atoms with E-state index in [0.29, 0.717) is 5.92 Å². The van der Waals surface area contributed by atoms with Crippen LogP contribution in [0.4, 0.5) is 4.39 Å². The molecule has 0 bridgehead atoms. The van der Waals surface area contributed by atoms with E-state index < -0.39 is 5.82 Å². The minimum Gasteiger partial charge on any atom is -0.206 e. The molecular formula is C14H18FN. The number of halogens is 1. The van der Waals surface area contributed by atoms with Crippen LogP contribution in [0.1, 0.15) is 61.8 Å². The summed E-state index contributed by atoms with van der Waals surface area (Å²) < 4.78 is 13.7. The molecular weight excluding hydrogens is 201 g/mol. The molecule has 1 nitrogen and oxygen atoms in total. The molecule has 0 unspecified atom stereocenters. The second kappa shape index (κ2) is 4.65. The van der Waals surface area contributed by atoms with Crippen molar-refractivity contribution in [3.63, 3.8) is 0 Å². The van der Waals surface area contributed by atoms with Crippen LogP contribution >= 0.6 is 0 Å². The van der Waals surface area contributed by atoms with E-state index in [1.54, 1.807) is 0 Å². The molecule has 0 saturated heterocycles. The highest BCUT2D eigenvalue weighted by molar-refractivity contribution is 5.49. The van der Waals surface area contributed by atoms with E-state index in [4.69, 9.17) is 5.26 Å². The van der Waals surface area contributed by atoms with Gasteiger partial charge < -0.3 is 0 Å². The van der Waals surface area contributed by atoms with E-state index >= 15 is 0 Å². The number of rotatable bonds is 2. The van der Waals surface area contributed by atoms with Crippen molar-refractivity contribution in [3.8, 4) is 6.07 Å². The third-order valence-corrected chi connectivity index (χ3v) is 2.92. The average molecular weight is 219 g/mol. The third kappa shape index (κ3) is 2.09. The van der Waals surface area contributed by atoms with E-state index in [9.17, 15) is 4.39 Å². The molecule has 16 heavy (non-hydrogen) atoms. The molecule has 2 heteroatoms. The van der Waals surface area contributed by atoms with Gasteiger partial charge in [0.25, 0.3) is 0 Å². The lowest BCUT2D eigenvalue weighted by molar-refractivity contribution is 0.613. The largest absolute Gasteiger partial charge is 0.206 e. The van der Waals surface area contributed by atoms with E-state index in [1.807, 2.05) is 26.8 Å². The monoisotopic (exact) mass is 219 g/mol. The fourth-order valence-electron chi connectivity index (χ4n) is 2.20. The van der Waals surface area contributed by atoms with Gasteiger partial charge in [-0.1, -0.05) is 27.7 Å². The maximum atomic E-state index is 13.7. The van der Waals surface area contributed by atoms with Crippen LogP contribution in [0.25, 0.3) is 0 Å². The van der Waals surface area contributed by atoms with Crippen LogP contribution in [0.3, 0.4) is 0 Å². The normalized spacial score (nSPS) is 10.9. The van der Waals surface area contributed by atoms with E-state index in [2.05, 4.69) is 13.8 Å². The molecule has 0 radical (unpaired) electrons. The van der Waals surface area contributed by atoms with Crippen LogP contribution in [0.5, 0.6) is 0 Å². The summed E-state index contributed by atoms with van der Waals surface area (Å²) in [4.78, 5) is 0. The van der Waals surface area contributed by atoms with E-state index in [-0.39, 0.29) is 11.5 Å². The Morgan fingerprint density at radius 3 is 2.12 bits per heavy atom. The van der Waals surface area contributed by atoms with Crippen molar-refractivity contribution in [2.75, 3.05) is 0 Å². The first kappa shape index (κ1) is 12.7. The molecule has 0 fully saturated rings. The first-order chi connectivity index (χ1) is 7.40. The van der Waals surface area contributed by atoms with E-state index in [0.717, 1.165) is 16.7 Å². The molecule has 0 aromatic heterocycles. The summed E-state index contributed by atoms with van der Waals surface area (Å²) in [5, 5.41) is 8.94. The molecule has 0 aliphatic carbocycles. The SMILES string of the molecule is Cc1c(C#N)c(F)cc(C(C)C)c1C(C)C. The molecule has 0 aliphatic heterocycles. The Kier molecular flexibility index (Phi) is 3.70. The van der Waals surface area contributed by atoms with Gasteiger partial charge in [0.05, 0.1) is 5.56 Å². The average Bonchev–Trinajstić information content (AvgIpc) is 2.16. The first-order valence-electron chi connectivity index (χ1n) is 5.63. The van der Waals surface area contributed by atoms with Crippen LogP contribution in [0.15, 0.2) is 6.07 Å². The highest BCUT2D eigenvalue weighted by Gasteiger charge is 2.18. The van der Waals surface area contributed by atoms with Crippen LogP contribution in [0.2, 0.25) is 0 Å². The van der Waals surface area contributed by atoms with Gasteiger partial charge in [-0.05, 0) is 41.5 Å². The van der Waals surface area contributed by atoms with Gasteiger partial charge in [-0.15, -0.1) is 0 Å². The summed E-state index contributed by atoms with van der Waals surface area (Å²) in [5.74, 6) is 0.191. The van der Waals surface area contributed by atoms with Gasteiger partial charge in [-0.3, -0.25) is 0 Å². The number of nitriles is 1. The summed E-state index contributed by atoms with van der Waals surface area (Å²) in [5.41, 5.74) is 3.12. The molecule has 1 aromatic carbocycles. The molecule has 0 aliphatic rings. The van der Waals surface area contributed by atoms with Crippen molar-refractivity contribution >= 4 is 0 Å². The van der Waals surface area contributed by atoms with Crippen LogP contribution in [0, 0.1) is 24.1 Å². The number of hydrogen-bond acceptors (Lipinski definition) is 1. The van der Waals surface area contributed by atoms with Crippen molar-refractivity contribution in [3.05, 3.63) is 34.1 Å². The van der Waals surface area contributed by atoms with Gasteiger partial charge in [0.15, 0.2) is 0 Å². The predicted octanol–water partition coefficient (Wildman–Crippen LogP) is 4.25. The zero-order valence-electron chi connectivity index (χ0n) is 10.6. The fraction of sp³-hybridized carbons (Fsp3) is 0.500. The molecule has 0 spiro atoms. The van der Waals surface area contributed by atoms with E-state index in [1.165, 1.54) is 6.07 Å². The quantitative estimate of drug-likeness (QED) is 0.729. The molecule has 0 heterocycles. The number of hydrogen-bond donors (Lipinski definition) is 0. The van der Waals surface area contributed by atoms with Crippen molar-refractivity contribution in [1.82, 2.24) is 0 Å². The lowest BCUT2D eigenvalue weighted by Gasteiger charge is -2.20. The summed E-state index contributed by atoms with van der Waals surface area (Å²) in [6.07, 6.45) is 0. The zero-order valence-corrected chi connectivity index (χ0v) is 10.6. The Labute approximate surface area is 96.9 Å². The highest BCUT2D eigenvalue weighted by atomic mass is 19.1. The highest BCUT2D eigenvalue weighted by Crippen LogP contribution is 2.32. The summed E-state index contributed by atoms with van der Waals surface area (Å²) in [7, 11) is 0. The van der Waals surface area contributed by atoms with Gasteiger partial charge in [-0.25, -0.2) is 4.39 Å². The Morgan fingerprint density at radius 1 is 1.19 bits per heavy atom. The van der Waals surface area contributed by atoms with Crippen molar-refractivity contribution in [2.24, 2.45) is 0 Å². The molecule has 0 saturated carbocycles.